The maximum Gasteiger partial charge on any atom is -0.0167 e. The van der Waals surface area contributed by atoms with Gasteiger partial charge < -0.3 is 5.32 Å². The Morgan fingerprint density at radius 3 is 1.78 bits per heavy atom. The van der Waals surface area contributed by atoms with Crippen molar-refractivity contribution in [2.24, 2.45) is 5.92 Å². The molecule has 0 amide bonds. The lowest BCUT2D eigenvalue weighted by molar-refractivity contribution is 0.626. The van der Waals surface area contributed by atoms with Crippen LogP contribution in [0.25, 0.3) is 0 Å². The predicted octanol–water partition coefficient (Wildman–Crippen LogP) is 5.36. The van der Waals surface area contributed by atoms with Gasteiger partial charge in [-0.2, -0.15) is 0 Å². The molecule has 1 nitrogen and oxygen atoms in total. The zero-order chi connectivity index (χ0) is 15.0. The minimum atomic E-state index is 0.884. The van der Waals surface area contributed by atoms with Gasteiger partial charge in [0.15, 0.2) is 0 Å². The second-order valence-electron chi connectivity index (χ2n) is 4.61. The van der Waals surface area contributed by atoms with Crippen LogP contribution in [-0.4, -0.2) is 14.1 Å². The van der Waals surface area contributed by atoms with Gasteiger partial charge in [-0.05, 0) is 45.9 Å². The molecule has 0 rings (SSSR count). The minimum absolute atomic E-state index is 0.884. The largest absolute Gasteiger partial charge is 0.323 e. The molecule has 0 saturated heterocycles. The van der Waals surface area contributed by atoms with Crippen LogP contribution in [0.4, 0.5) is 0 Å². The molecule has 0 radical (unpaired) electrons. The van der Waals surface area contributed by atoms with Crippen LogP contribution < -0.4 is 5.32 Å². The van der Waals surface area contributed by atoms with Crippen molar-refractivity contribution in [2.75, 3.05) is 14.1 Å². The molecule has 0 bridgehead atoms. The molecular weight excluding hydrogens is 218 g/mol. The van der Waals surface area contributed by atoms with E-state index >= 15 is 0 Å². The fourth-order valence-electron chi connectivity index (χ4n) is 0.681. The average molecular weight is 253 g/mol. The Morgan fingerprint density at radius 1 is 1.22 bits per heavy atom. The van der Waals surface area contributed by atoms with Gasteiger partial charge in [0.05, 0.1) is 0 Å². The fraction of sp³-hybridized carbons (Fsp3) is 0.647. The number of rotatable bonds is 4. The van der Waals surface area contributed by atoms with E-state index in [4.69, 9.17) is 0 Å². The van der Waals surface area contributed by atoms with E-state index in [1.165, 1.54) is 17.6 Å². The Kier molecular flexibility index (Phi) is 23.0. The molecule has 0 unspecified atom stereocenters. The van der Waals surface area contributed by atoms with Crippen LogP contribution in [0.5, 0.6) is 0 Å². The van der Waals surface area contributed by atoms with Crippen molar-refractivity contribution in [3.05, 3.63) is 36.0 Å². The number of hydrogen-bond acceptors (Lipinski definition) is 1. The van der Waals surface area contributed by atoms with Gasteiger partial charge in [0.2, 0.25) is 0 Å². The minimum Gasteiger partial charge on any atom is -0.323 e. The van der Waals surface area contributed by atoms with Crippen LogP contribution in [-0.2, 0) is 0 Å². The summed E-state index contributed by atoms with van der Waals surface area (Å²) in [4.78, 5) is 0. The van der Waals surface area contributed by atoms with Crippen LogP contribution in [0.2, 0.25) is 0 Å². The first kappa shape index (κ1) is 22.4. The summed E-state index contributed by atoms with van der Waals surface area (Å²) in [6.45, 7) is 16.6. The first-order chi connectivity index (χ1) is 8.42. The van der Waals surface area contributed by atoms with Crippen molar-refractivity contribution in [1.82, 2.24) is 5.32 Å². The van der Waals surface area contributed by atoms with E-state index in [1.54, 1.807) is 0 Å². The Bertz CT molecular complexity index is 222. The maximum absolute atomic E-state index is 3.72. The Labute approximate surface area is 116 Å². The highest BCUT2D eigenvalue weighted by atomic mass is 14.7. The molecule has 0 fully saturated rings. The molecule has 1 N–H and O–H groups in total. The standard InChI is InChI=1S/C10H16.C5H12.C2H7N/c1-5-9(4)8-10(6-2)7-3;1-4-5(2)3;1-3-2/h5-6,8H,2,7H2,1,3-4H3;5H,4H2,1-3H3;3H,1-2H3/b9-5-,10-8+;;. The van der Waals surface area contributed by atoms with E-state index in [0.717, 1.165) is 12.3 Å². The van der Waals surface area contributed by atoms with Crippen molar-refractivity contribution < 1.29 is 0 Å². The lowest BCUT2D eigenvalue weighted by Crippen LogP contribution is -1.89. The zero-order valence-electron chi connectivity index (χ0n) is 13.9. The fourth-order valence-corrected chi connectivity index (χ4v) is 0.681. The second kappa shape index (κ2) is 18.5. The van der Waals surface area contributed by atoms with Gasteiger partial charge in [-0.1, -0.05) is 64.5 Å². The summed E-state index contributed by atoms with van der Waals surface area (Å²) in [6, 6.07) is 0. The summed E-state index contributed by atoms with van der Waals surface area (Å²) in [6.07, 6.45) is 8.54. The number of nitrogens with one attached hydrogen (secondary N) is 1. The van der Waals surface area contributed by atoms with Crippen molar-refractivity contribution in [2.45, 2.75) is 54.4 Å². The molecule has 0 heterocycles. The summed E-state index contributed by atoms with van der Waals surface area (Å²) in [5.74, 6) is 0.884. The first-order valence-electron chi connectivity index (χ1n) is 6.97. The van der Waals surface area contributed by atoms with E-state index in [-0.39, 0.29) is 0 Å². The van der Waals surface area contributed by atoms with E-state index < -0.39 is 0 Å². The highest BCUT2D eigenvalue weighted by Gasteiger charge is 1.85. The van der Waals surface area contributed by atoms with E-state index in [0.29, 0.717) is 0 Å². The third-order valence-electron chi connectivity index (χ3n) is 2.36. The molecule has 0 aliphatic carbocycles. The maximum atomic E-state index is 3.72. The molecule has 0 saturated carbocycles. The normalized spacial score (nSPS) is 11.2. The van der Waals surface area contributed by atoms with Gasteiger partial charge in [0.25, 0.3) is 0 Å². The Morgan fingerprint density at radius 2 is 1.61 bits per heavy atom. The van der Waals surface area contributed by atoms with E-state index in [9.17, 15) is 0 Å². The molecular formula is C17H35N. The molecule has 0 aliphatic heterocycles. The van der Waals surface area contributed by atoms with Gasteiger partial charge in [-0.25, -0.2) is 0 Å². The summed E-state index contributed by atoms with van der Waals surface area (Å²) in [7, 11) is 3.75. The van der Waals surface area contributed by atoms with Crippen LogP contribution in [0.1, 0.15) is 54.4 Å². The topological polar surface area (TPSA) is 12.0 Å². The predicted molar refractivity (Wildman–Crippen MR) is 88.1 cm³/mol. The Hall–Kier alpha value is -0.820. The van der Waals surface area contributed by atoms with Gasteiger partial charge in [0, 0.05) is 0 Å². The number of allylic oxidation sites excluding steroid dienone is 5. The van der Waals surface area contributed by atoms with Gasteiger partial charge in [-0.3, -0.25) is 0 Å². The monoisotopic (exact) mass is 253 g/mol. The molecule has 0 aromatic heterocycles. The van der Waals surface area contributed by atoms with Crippen molar-refractivity contribution in [1.29, 1.82) is 0 Å². The summed E-state index contributed by atoms with van der Waals surface area (Å²) < 4.78 is 0. The van der Waals surface area contributed by atoms with Crippen LogP contribution in [0.3, 0.4) is 0 Å². The van der Waals surface area contributed by atoms with Crippen LogP contribution in [0.15, 0.2) is 36.0 Å². The molecule has 108 valence electrons. The molecule has 18 heavy (non-hydrogen) atoms. The Balaban J connectivity index is -0.000000235. The molecule has 0 spiro atoms. The molecule has 0 atom stereocenters. The van der Waals surface area contributed by atoms with Crippen molar-refractivity contribution in [3.8, 4) is 0 Å². The lowest BCUT2D eigenvalue weighted by atomic mass is 10.1. The van der Waals surface area contributed by atoms with Crippen molar-refractivity contribution in [3.63, 3.8) is 0 Å². The van der Waals surface area contributed by atoms with Crippen LogP contribution >= 0.6 is 0 Å². The molecule has 0 aromatic carbocycles. The quantitative estimate of drug-likeness (QED) is 0.665. The van der Waals surface area contributed by atoms with E-state index in [2.05, 4.69) is 58.7 Å². The molecule has 1 heteroatoms. The highest BCUT2D eigenvalue weighted by Crippen LogP contribution is 2.05. The highest BCUT2D eigenvalue weighted by molar-refractivity contribution is 5.27. The SMILES string of the molecule is C=C/C(=C\C(C)=C/C)CC.CCC(C)C.CNC. The second-order valence-corrected chi connectivity index (χ2v) is 4.61. The first-order valence-corrected chi connectivity index (χ1v) is 6.97. The third-order valence-corrected chi connectivity index (χ3v) is 2.36. The number of hydrogen-bond donors (Lipinski definition) is 1. The zero-order valence-corrected chi connectivity index (χ0v) is 13.9. The summed E-state index contributed by atoms with van der Waals surface area (Å²) >= 11 is 0. The van der Waals surface area contributed by atoms with Gasteiger partial charge >= 0.3 is 0 Å². The summed E-state index contributed by atoms with van der Waals surface area (Å²) in [5.41, 5.74) is 2.60. The molecule has 0 aliphatic rings. The van der Waals surface area contributed by atoms with Crippen molar-refractivity contribution >= 4 is 0 Å². The average Bonchev–Trinajstić information content (AvgIpc) is 2.37. The van der Waals surface area contributed by atoms with E-state index in [1.807, 2.05) is 27.1 Å². The third kappa shape index (κ3) is 24.4. The molecule has 0 aromatic rings. The smallest absolute Gasteiger partial charge is 0.0167 e. The summed E-state index contributed by atoms with van der Waals surface area (Å²) in [5, 5.41) is 2.75. The van der Waals surface area contributed by atoms with Crippen LogP contribution in [0, 0.1) is 5.92 Å². The lowest BCUT2D eigenvalue weighted by Gasteiger charge is -1.95. The van der Waals surface area contributed by atoms with Gasteiger partial charge in [0.1, 0.15) is 0 Å². The van der Waals surface area contributed by atoms with Gasteiger partial charge in [-0.15, -0.1) is 0 Å².